The Morgan fingerprint density at radius 3 is 2.52 bits per heavy atom. The van der Waals surface area contributed by atoms with Crippen molar-refractivity contribution in [2.75, 3.05) is 36.4 Å². The quantitative estimate of drug-likeness (QED) is 0.820. The zero-order valence-electron chi connectivity index (χ0n) is 14.9. The third kappa shape index (κ3) is 3.38. The number of carbonyl (C=O) groups excluding carboxylic acids is 3. The maximum atomic E-state index is 12.8. The summed E-state index contributed by atoms with van der Waals surface area (Å²) in [7, 11) is 0. The Bertz CT molecular complexity index is 917. The summed E-state index contributed by atoms with van der Waals surface area (Å²) in [5.41, 5.74) is 2.60. The third-order valence-electron chi connectivity index (χ3n) is 4.87. The van der Waals surface area contributed by atoms with E-state index in [4.69, 9.17) is 0 Å². The van der Waals surface area contributed by atoms with Gasteiger partial charge in [-0.1, -0.05) is 0 Å². The van der Waals surface area contributed by atoms with Crippen molar-refractivity contribution in [1.82, 2.24) is 14.9 Å². The number of benzene rings is 1. The summed E-state index contributed by atoms with van der Waals surface area (Å²) >= 11 is 0. The average molecular weight is 365 g/mol. The number of anilines is 2. The summed E-state index contributed by atoms with van der Waals surface area (Å²) in [4.78, 5) is 47.8. The second-order valence-electron chi connectivity index (χ2n) is 6.69. The Hall–Kier alpha value is -3.29. The van der Waals surface area contributed by atoms with Crippen LogP contribution in [0.2, 0.25) is 0 Å². The molecule has 0 unspecified atom stereocenters. The van der Waals surface area contributed by atoms with Crippen LogP contribution in [0.4, 0.5) is 11.5 Å². The van der Waals surface area contributed by atoms with Gasteiger partial charge in [0.25, 0.3) is 5.91 Å². The van der Waals surface area contributed by atoms with Crippen LogP contribution < -0.4 is 10.2 Å². The largest absolute Gasteiger partial charge is 0.352 e. The number of aromatic nitrogens is 2. The standard InChI is InChI=1S/C19H19N5O3/c1-12(25)16-10-21-17(11-20-16)23-4-6-24(7-5-23)19(27)13-2-3-15-14(8-13)9-18(26)22-15/h2-3,8,10-11H,4-7,9H2,1H3,(H,22,26). The number of hydrogen-bond donors (Lipinski definition) is 1. The number of nitrogens with zero attached hydrogens (tertiary/aromatic N) is 4. The van der Waals surface area contributed by atoms with Crippen LogP contribution >= 0.6 is 0 Å². The third-order valence-corrected chi connectivity index (χ3v) is 4.87. The van der Waals surface area contributed by atoms with E-state index in [0.717, 1.165) is 11.3 Å². The minimum absolute atomic E-state index is 0.0326. The van der Waals surface area contributed by atoms with E-state index in [1.165, 1.54) is 13.1 Å². The highest BCUT2D eigenvalue weighted by molar-refractivity contribution is 6.01. The number of Topliss-reactive ketones (excluding diaryl/α,β-unsaturated/α-hetero) is 1. The number of amides is 2. The first kappa shape index (κ1) is 17.1. The van der Waals surface area contributed by atoms with Gasteiger partial charge < -0.3 is 15.1 Å². The number of piperazine rings is 1. The van der Waals surface area contributed by atoms with Crippen molar-refractivity contribution in [3.8, 4) is 0 Å². The first-order valence-corrected chi connectivity index (χ1v) is 8.81. The highest BCUT2D eigenvalue weighted by Crippen LogP contribution is 2.25. The molecule has 27 heavy (non-hydrogen) atoms. The summed E-state index contributed by atoms with van der Waals surface area (Å²) in [5.74, 6) is 0.514. The molecule has 3 heterocycles. The number of carbonyl (C=O) groups is 3. The number of rotatable bonds is 3. The zero-order valence-corrected chi connectivity index (χ0v) is 14.9. The topological polar surface area (TPSA) is 95.5 Å². The molecule has 0 spiro atoms. The van der Waals surface area contributed by atoms with Crippen molar-refractivity contribution in [1.29, 1.82) is 0 Å². The van der Waals surface area contributed by atoms with Crippen LogP contribution in [0.25, 0.3) is 0 Å². The molecule has 2 aliphatic heterocycles. The highest BCUT2D eigenvalue weighted by atomic mass is 16.2. The average Bonchev–Trinajstić information content (AvgIpc) is 3.07. The van der Waals surface area contributed by atoms with Gasteiger partial charge in [-0.2, -0.15) is 0 Å². The smallest absolute Gasteiger partial charge is 0.253 e. The maximum Gasteiger partial charge on any atom is 0.253 e. The molecule has 4 rings (SSSR count). The molecule has 0 saturated carbocycles. The van der Waals surface area contributed by atoms with Gasteiger partial charge >= 0.3 is 0 Å². The van der Waals surface area contributed by atoms with Crippen LogP contribution in [-0.4, -0.2) is 58.6 Å². The lowest BCUT2D eigenvalue weighted by Gasteiger charge is -2.35. The van der Waals surface area contributed by atoms with Crippen LogP contribution in [0.15, 0.2) is 30.6 Å². The van der Waals surface area contributed by atoms with E-state index in [1.807, 2.05) is 4.90 Å². The number of nitrogens with one attached hydrogen (secondary N) is 1. The Morgan fingerprint density at radius 1 is 1.07 bits per heavy atom. The zero-order chi connectivity index (χ0) is 19.0. The van der Waals surface area contributed by atoms with E-state index < -0.39 is 0 Å². The van der Waals surface area contributed by atoms with Gasteiger partial charge in [0.15, 0.2) is 5.78 Å². The molecule has 2 amide bonds. The van der Waals surface area contributed by atoms with Gasteiger partial charge in [0, 0.05) is 44.4 Å². The van der Waals surface area contributed by atoms with Gasteiger partial charge in [0.2, 0.25) is 5.91 Å². The van der Waals surface area contributed by atoms with Crippen LogP contribution in [0, 0.1) is 0 Å². The molecular formula is C19H19N5O3. The highest BCUT2D eigenvalue weighted by Gasteiger charge is 2.25. The molecule has 2 aromatic rings. The summed E-state index contributed by atoms with van der Waals surface area (Å²) in [6, 6.07) is 5.34. The van der Waals surface area contributed by atoms with E-state index in [9.17, 15) is 14.4 Å². The van der Waals surface area contributed by atoms with Gasteiger partial charge in [0.05, 0.1) is 18.8 Å². The normalized spacial score (nSPS) is 16.1. The molecule has 1 saturated heterocycles. The molecule has 2 aliphatic rings. The van der Waals surface area contributed by atoms with Crippen molar-refractivity contribution >= 4 is 29.1 Å². The first-order chi connectivity index (χ1) is 13.0. The second kappa shape index (κ2) is 6.79. The first-order valence-electron chi connectivity index (χ1n) is 8.81. The maximum absolute atomic E-state index is 12.8. The predicted octanol–water partition coefficient (Wildman–Crippen LogP) is 1.14. The summed E-state index contributed by atoms with van der Waals surface area (Å²) in [6.45, 7) is 3.89. The lowest BCUT2D eigenvalue weighted by atomic mass is 10.1. The van der Waals surface area contributed by atoms with Gasteiger partial charge in [-0.25, -0.2) is 9.97 Å². The van der Waals surface area contributed by atoms with Crippen molar-refractivity contribution in [3.05, 3.63) is 47.4 Å². The lowest BCUT2D eigenvalue weighted by molar-refractivity contribution is -0.115. The molecule has 0 radical (unpaired) electrons. The predicted molar refractivity (Wildman–Crippen MR) is 98.9 cm³/mol. The summed E-state index contributed by atoms with van der Waals surface area (Å²) in [5, 5.41) is 2.77. The molecule has 138 valence electrons. The summed E-state index contributed by atoms with van der Waals surface area (Å²) in [6.07, 6.45) is 3.40. The molecule has 1 aromatic heterocycles. The Balaban J connectivity index is 1.40. The molecule has 1 N–H and O–H groups in total. The van der Waals surface area contributed by atoms with Crippen LogP contribution in [0.5, 0.6) is 0 Å². The van der Waals surface area contributed by atoms with E-state index in [-0.39, 0.29) is 17.6 Å². The van der Waals surface area contributed by atoms with E-state index in [0.29, 0.717) is 49.7 Å². The Labute approximate surface area is 156 Å². The fourth-order valence-corrected chi connectivity index (χ4v) is 3.35. The molecule has 8 heteroatoms. The molecule has 0 aliphatic carbocycles. The molecular weight excluding hydrogens is 346 g/mol. The lowest BCUT2D eigenvalue weighted by Crippen LogP contribution is -2.49. The SMILES string of the molecule is CC(=O)c1cnc(N2CCN(C(=O)c3ccc4c(c3)CC(=O)N4)CC2)cn1. The van der Waals surface area contributed by atoms with Gasteiger partial charge in [-0.05, 0) is 23.8 Å². The summed E-state index contributed by atoms with van der Waals surface area (Å²) < 4.78 is 0. The van der Waals surface area contributed by atoms with Crippen LogP contribution in [0.3, 0.4) is 0 Å². The van der Waals surface area contributed by atoms with E-state index in [1.54, 1.807) is 29.3 Å². The second-order valence-corrected chi connectivity index (χ2v) is 6.69. The van der Waals surface area contributed by atoms with Crippen molar-refractivity contribution in [2.24, 2.45) is 0 Å². The molecule has 1 aromatic carbocycles. The number of fused-ring (bicyclic) bond motifs is 1. The van der Waals surface area contributed by atoms with Crippen molar-refractivity contribution in [3.63, 3.8) is 0 Å². The van der Waals surface area contributed by atoms with E-state index >= 15 is 0 Å². The number of hydrogen-bond acceptors (Lipinski definition) is 6. The monoisotopic (exact) mass is 365 g/mol. The molecule has 8 nitrogen and oxygen atoms in total. The minimum atomic E-state index is -0.115. The number of ketones is 1. The Morgan fingerprint density at radius 2 is 1.85 bits per heavy atom. The van der Waals surface area contributed by atoms with Crippen LogP contribution in [0.1, 0.15) is 33.3 Å². The molecule has 1 fully saturated rings. The van der Waals surface area contributed by atoms with E-state index in [2.05, 4.69) is 15.3 Å². The minimum Gasteiger partial charge on any atom is -0.352 e. The van der Waals surface area contributed by atoms with Crippen molar-refractivity contribution in [2.45, 2.75) is 13.3 Å². The fourth-order valence-electron chi connectivity index (χ4n) is 3.35. The van der Waals surface area contributed by atoms with Gasteiger partial charge in [-0.3, -0.25) is 14.4 Å². The van der Waals surface area contributed by atoms with Crippen molar-refractivity contribution < 1.29 is 14.4 Å². The Kier molecular flexibility index (Phi) is 4.31. The molecule has 0 atom stereocenters. The van der Waals surface area contributed by atoms with Gasteiger partial charge in [0.1, 0.15) is 11.5 Å². The van der Waals surface area contributed by atoms with Crippen LogP contribution in [-0.2, 0) is 11.2 Å². The van der Waals surface area contributed by atoms with Gasteiger partial charge in [-0.15, -0.1) is 0 Å². The fraction of sp³-hybridized carbons (Fsp3) is 0.316. The molecule has 0 bridgehead atoms.